The number of anilines is 1. The fourth-order valence-electron chi connectivity index (χ4n) is 2.34. The van der Waals surface area contributed by atoms with Gasteiger partial charge in [0.2, 0.25) is 0 Å². The summed E-state index contributed by atoms with van der Waals surface area (Å²) in [5.74, 6) is -1.89. The summed E-state index contributed by atoms with van der Waals surface area (Å²) < 4.78 is 13.3. The molecule has 25 heavy (non-hydrogen) atoms. The van der Waals surface area contributed by atoms with E-state index in [4.69, 9.17) is 0 Å². The third-order valence-corrected chi connectivity index (χ3v) is 4.60. The third kappa shape index (κ3) is 3.61. The summed E-state index contributed by atoms with van der Waals surface area (Å²) in [6.45, 7) is 0. The smallest absolute Gasteiger partial charge is 0.337 e. The Balaban J connectivity index is 1.87. The van der Waals surface area contributed by atoms with E-state index in [9.17, 15) is 19.1 Å². The SMILES string of the molecule is CN(C1=NC(=O)/C(=C/c2cccc(F)c2)S1)c1ccccc1C(=O)O. The number of carbonyl (C=O) groups excluding carboxylic acids is 1. The number of aliphatic imine (C=N–C) groups is 1. The van der Waals surface area contributed by atoms with Gasteiger partial charge in [0, 0.05) is 7.05 Å². The first kappa shape index (κ1) is 16.9. The molecular weight excluding hydrogens is 343 g/mol. The number of carbonyl (C=O) groups is 2. The number of amides is 1. The van der Waals surface area contributed by atoms with Crippen LogP contribution in [0.15, 0.2) is 58.4 Å². The van der Waals surface area contributed by atoms with Gasteiger partial charge in [0.25, 0.3) is 5.91 Å². The van der Waals surface area contributed by atoms with Crippen LogP contribution in [0.1, 0.15) is 15.9 Å². The van der Waals surface area contributed by atoms with Gasteiger partial charge in [-0.2, -0.15) is 4.99 Å². The van der Waals surface area contributed by atoms with E-state index < -0.39 is 17.7 Å². The molecule has 2 aromatic rings. The number of amidine groups is 1. The van der Waals surface area contributed by atoms with Crippen molar-refractivity contribution in [2.45, 2.75) is 0 Å². The van der Waals surface area contributed by atoms with Crippen molar-refractivity contribution in [2.24, 2.45) is 4.99 Å². The Morgan fingerprint density at radius 2 is 2.00 bits per heavy atom. The number of para-hydroxylation sites is 1. The highest BCUT2D eigenvalue weighted by molar-refractivity contribution is 8.18. The highest BCUT2D eigenvalue weighted by Gasteiger charge is 2.26. The molecule has 0 bridgehead atoms. The van der Waals surface area contributed by atoms with Gasteiger partial charge in [-0.05, 0) is 47.7 Å². The van der Waals surface area contributed by atoms with E-state index in [-0.39, 0.29) is 5.56 Å². The van der Waals surface area contributed by atoms with Crippen LogP contribution in [-0.2, 0) is 4.79 Å². The van der Waals surface area contributed by atoms with Crippen molar-refractivity contribution < 1.29 is 19.1 Å². The Kier molecular flexibility index (Phi) is 4.67. The first-order chi connectivity index (χ1) is 12.0. The summed E-state index contributed by atoms with van der Waals surface area (Å²) in [7, 11) is 1.64. The van der Waals surface area contributed by atoms with E-state index in [1.807, 2.05) is 0 Å². The molecule has 0 saturated carbocycles. The first-order valence-electron chi connectivity index (χ1n) is 7.30. The fourth-order valence-corrected chi connectivity index (χ4v) is 3.23. The van der Waals surface area contributed by atoms with Gasteiger partial charge in [0.1, 0.15) is 5.82 Å². The number of hydrogen-bond acceptors (Lipinski definition) is 4. The quantitative estimate of drug-likeness (QED) is 0.851. The predicted octanol–water partition coefficient (Wildman–Crippen LogP) is 3.63. The lowest BCUT2D eigenvalue weighted by atomic mass is 10.1. The van der Waals surface area contributed by atoms with E-state index in [0.29, 0.717) is 21.3 Å². The number of rotatable bonds is 3. The van der Waals surface area contributed by atoms with Gasteiger partial charge >= 0.3 is 5.97 Å². The molecule has 1 aliphatic heterocycles. The van der Waals surface area contributed by atoms with E-state index in [1.165, 1.54) is 18.2 Å². The number of halogens is 1. The van der Waals surface area contributed by atoms with Crippen LogP contribution in [-0.4, -0.2) is 29.2 Å². The van der Waals surface area contributed by atoms with Crippen LogP contribution < -0.4 is 4.90 Å². The average Bonchev–Trinajstić information content (AvgIpc) is 2.95. The minimum atomic E-state index is -1.06. The summed E-state index contributed by atoms with van der Waals surface area (Å²) in [5.41, 5.74) is 1.10. The van der Waals surface area contributed by atoms with Crippen LogP contribution in [0, 0.1) is 5.82 Å². The minimum Gasteiger partial charge on any atom is -0.478 e. The topological polar surface area (TPSA) is 70.0 Å². The molecule has 0 unspecified atom stereocenters. The van der Waals surface area contributed by atoms with Crippen LogP contribution in [0.2, 0.25) is 0 Å². The maximum atomic E-state index is 13.3. The Bertz CT molecular complexity index is 924. The minimum absolute atomic E-state index is 0.114. The number of thioether (sulfide) groups is 1. The lowest BCUT2D eigenvalue weighted by molar-refractivity contribution is -0.113. The Labute approximate surface area is 147 Å². The van der Waals surface area contributed by atoms with Gasteiger partial charge in [0.05, 0.1) is 16.2 Å². The monoisotopic (exact) mass is 356 g/mol. The van der Waals surface area contributed by atoms with Crippen molar-refractivity contribution in [3.8, 4) is 0 Å². The molecule has 0 spiro atoms. The molecular formula is C18H13FN2O3S. The summed E-state index contributed by atoms with van der Waals surface area (Å²) in [5, 5.41) is 9.66. The number of nitrogens with zero attached hydrogens (tertiary/aromatic N) is 2. The zero-order valence-corrected chi connectivity index (χ0v) is 14.0. The van der Waals surface area contributed by atoms with E-state index in [0.717, 1.165) is 11.8 Å². The maximum Gasteiger partial charge on any atom is 0.337 e. The zero-order chi connectivity index (χ0) is 18.0. The number of aromatic carboxylic acids is 1. The predicted molar refractivity (Wildman–Crippen MR) is 96.2 cm³/mol. The molecule has 5 nitrogen and oxygen atoms in total. The molecule has 126 valence electrons. The largest absolute Gasteiger partial charge is 0.478 e. The molecule has 7 heteroatoms. The van der Waals surface area contributed by atoms with Crippen molar-refractivity contribution >= 4 is 40.6 Å². The van der Waals surface area contributed by atoms with Crippen LogP contribution in [0.25, 0.3) is 6.08 Å². The molecule has 0 aromatic heterocycles. The van der Waals surface area contributed by atoms with Crippen molar-refractivity contribution in [3.63, 3.8) is 0 Å². The number of carboxylic acid groups (broad SMARTS) is 1. The van der Waals surface area contributed by atoms with Crippen molar-refractivity contribution in [3.05, 3.63) is 70.4 Å². The van der Waals surface area contributed by atoms with Crippen molar-refractivity contribution in [1.82, 2.24) is 0 Å². The van der Waals surface area contributed by atoms with Crippen LogP contribution >= 0.6 is 11.8 Å². The zero-order valence-electron chi connectivity index (χ0n) is 13.1. The molecule has 1 amide bonds. The van der Waals surface area contributed by atoms with E-state index in [1.54, 1.807) is 48.4 Å². The van der Waals surface area contributed by atoms with Crippen LogP contribution in [0.4, 0.5) is 10.1 Å². The Morgan fingerprint density at radius 3 is 2.72 bits per heavy atom. The van der Waals surface area contributed by atoms with Gasteiger partial charge in [-0.25, -0.2) is 9.18 Å². The molecule has 2 aromatic carbocycles. The normalized spacial score (nSPS) is 15.4. The fraction of sp³-hybridized carbons (Fsp3) is 0.0556. The molecule has 0 atom stereocenters. The molecule has 0 radical (unpaired) electrons. The van der Waals surface area contributed by atoms with Crippen LogP contribution in [0.3, 0.4) is 0 Å². The summed E-state index contributed by atoms with van der Waals surface area (Å²) >= 11 is 1.11. The molecule has 0 saturated heterocycles. The summed E-state index contributed by atoms with van der Waals surface area (Å²) in [6.07, 6.45) is 1.56. The van der Waals surface area contributed by atoms with Gasteiger partial charge in [-0.3, -0.25) is 4.79 Å². The standard InChI is InChI=1S/C18H13FN2O3S/c1-21(14-8-3-2-7-13(14)17(23)24)18-20-16(22)15(25-18)10-11-5-4-6-12(19)9-11/h2-10H,1H3,(H,23,24)/b15-10-. The lowest BCUT2D eigenvalue weighted by Gasteiger charge is -2.19. The van der Waals surface area contributed by atoms with Gasteiger partial charge in [-0.1, -0.05) is 24.3 Å². The molecule has 1 aliphatic rings. The lowest BCUT2D eigenvalue weighted by Crippen LogP contribution is -2.24. The van der Waals surface area contributed by atoms with Gasteiger partial charge in [-0.15, -0.1) is 0 Å². The summed E-state index contributed by atoms with van der Waals surface area (Å²) in [6, 6.07) is 12.4. The Hall–Kier alpha value is -2.93. The highest BCUT2D eigenvalue weighted by atomic mass is 32.2. The highest BCUT2D eigenvalue weighted by Crippen LogP contribution is 2.32. The second kappa shape index (κ2) is 6.90. The van der Waals surface area contributed by atoms with E-state index in [2.05, 4.69) is 4.99 Å². The van der Waals surface area contributed by atoms with Crippen molar-refractivity contribution in [1.29, 1.82) is 0 Å². The second-order valence-electron chi connectivity index (χ2n) is 5.25. The van der Waals surface area contributed by atoms with Gasteiger partial charge < -0.3 is 10.0 Å². The number of carboxylic acids is 1. The summed E-state index contributed by atoms with van der Waals surface area (Å²) in [4.78, 5) is 29.3. The van der Waals surface area contributed by atoms with Gasteiger partial charge in [0.15, 0.2) is 5.17 Å². The van der Waals surface area contributed by atoms with Crippen LogP contribution in [0.5, 0.6) is 0 Å². The third-order valence-electron chi connectivity index (χ3n) is 3.54. The second-order valence-corrected chi connectivity index (χ2v) is 6.26. The number of hydrogen-bond donors (Lipinski definition) is 1. The molecule has 1 heterocycles. The van der Waals surface area contributed by atoms with E-state index >= 15 is 0 Å². The van der Waals surface area contributed by atoms with Crippen molar-refractivity contribution in [2.75, 3.05) is 11.9 Å². The molecule has 3 rings (SSSR count). The average molecular weight is 356 g/mol. The molecule has 0 aliphatic carbocycles. The number of benzene rings is 2. The Morgan fingerprint density at radius 1 is 1.24 bits per heavy atom. The maximum absolute atomic E-state index is 13.3. The molecule has 0 fully saturated rings. The molecule has 1 N–H and O–H groups in total. The first-order valence-corrected chi connectivity index (χ1v) is 8.11.